The van der Waals surface area contributed by atoms with Gasteiger partial charge in [0.15, 0.2) is 0 Å². The maximum atomic E-state index is 12.7. The molecule has 126 valence electrons. The summed E-state index contributed by atoms with van der Waals surface area (Å²) in [5, 5.41) is 18.7. The smallest absolute Gasteiger partial charge is 0.548 e. The van der Waals surface area contributed by atoms with Crippen molar-refractivity contribution in [2.75, 3.05) is 13.7 Å². The SMILES string of the molecule is COC1CN(C(=O)NC2CCCn3nccc32)C(C)(C(=O)[O-])C1.[K+]. The fraction of sp³-hybridized carbons (Fsp3) is 0.667. The summed E-state index contributed by atoms with van der Waals surface area (Å²) in [6, 6.07) is 1.31. The Kier molecular flexibility index (Phi) is 6.49. The molecule has 3 unspecified atom stereocenters. The van der Waals surface area contributed by atoms with E-state index in [2.05, 4.69) is 10.4 Å². The van der Waals surface area contributed by atoms with E-state index in [0.29, 0.717) is 0 Å². The topological polar surface area (TPSA) is 99.5 Å². The normalized spacial score (nSPS) is 28.8. The maximum absolute atomic E-state index is 12.7. The van der Waals surface area contributed by atoms with E-state index in [-0.39, 0.29) is 76.5 Å². The molecule has 3 rings (SSSR count). The van der Waals surface area contributed by atoms with Crippen LogP contribution in [0.5, 0.6) is 0 Å². The molecule has 2 aliphatic heterocycles. The van der Waals surface area contributed by atoms with Crippen molar-refractivity contribution in [1.82, 2.24) is 20.0 Å². The van der Waals surface area contributed by atoms with Crippen LogP contribution in [-0.4, -0.2) is 52.0 Å². The molecule has 1 aromatic rings. The summed E-state index contributed by atoms with van der Waals surface area (Å²) in [4.78, 5) is 25.5. The molecule has 24 heavy (non-hydrogen) atoms. The number of fused-ring (bicyclic) bond motifs is 1. The van der Waals surface area contributed by atoms with Gasteiger partial charge in [-0.25, -0.2) is 4.79 Å². The molecule has 3 heterocycles. The number of rotatable bonds is 3. The number of hydrogen-bond acceptors (Lipinski definition) is 5. The first-order chi connectivity index (χ1) is 11.0. The van der Waals surface area contributed by atoms with Crippen molar-refractivity contribution in [2.45, 2.75) is 50.4 Å². The molecule has 2 amide bonds. The summed E-state index contributed by atoms with van der Waals surface area (Å²) in [6.07, 6.45) is 3.35. The summed E-state index contributed by atoms with van der Waals surface area (Å²) >= 11 is 0. The van der Waals surface area contributed by atoms with E-state index in [9.17, 15) is 14.7 Å². The van der Waals surface area contributed by atoms with Crippen molar-refractivity contribution in [2.24, 2.45) is 0 Å². The minimum atomic E-state index is -1.36. The number of carboxylic acid groups (broad SMARTS) is 1. The largest absolute Gasteiger partial charge is 1.00 e. The fourth-order valence-corrected chi connectivity index (χ4v) is 3.47. The second kappa shape index (κ2) is 7.84. The van der Waals surface area contributed by atoms with Crippen molar-refractivity contribution in [3.05, 3.63) is 18.0 Å². The van der Waals surface area contributed by atoms with E-state index < -0.39 is 17.5 Å². The minimum absolute atomic E-state index is 0. The van der Waals surface area contributed by atoms with Crippen LogP contribution in [0, 0.1) is 0 Å². The number of carbonyl (C=O) groups is 2. The van der Waals surface area contributed by atoms with E-state index in [1.807, 2.05) is 10.7 Å². The van der Waals surface area contributed by atoms with Crippen LogP contribution in [0.15, 0.2) is 12.3 Å². The Morgan fingerprint density at radius 2 is 2.25 bits per heavy atom. The molecule has 0 aromatic carbocycles. The van der Waals surface area contributed by atoms with E-state index >= 15 is 0 Å². The van der Waals surface area contributed by atoms with Crippen molar-refractivity contribution < 1.29 is 70.8 Å². The Bertz CT molecular complexity index is 622. The predicted octanol–water partition coefficient (Wildman–Crippen LogP) is -3.34. The number of aryl methyl sites for hydroxylation is 1. The first kappa shape index (κ1) is 19.9. The monoisotopic (exact) mass is 360 g/mol. The summed E-state index contributed by atoms with van der Waals surface area (Å²) < 4.78 is 7.11. The molecule has 0 bridgehead atoms. The van der Waals surface area contributed by atoms with E-state index in [1.54, 1.807) is 6.20 Å². The second-order valence-electron chi connectivity index (χ2n) is 6.36. The van der Waals surface area contributed by atoms with Gasteiger partial charge in [0.1, 0.15) is 0 Å². The average molecular weight is 360 g/mol. The van der Waals surface area contributed by atoms with Crippen LogP contribution in [0.25, 0.3) is 0 Å². The minimum Gasteiger partial charge on any atom is -0.548 e. The number of aromatic nitrogens is 2. The van der Waals surface area contributed by atoms with Crippen LogP contribution in [0.1, 0.15) is 37.9 Å². The fourth-order valence-electron chi connectivity index (χ4n) is 3.47. The van der Waals surface area contributed by atoms with Crippen LogP contribution in [-0.2, 0) is 16.1 Å². The molecule has 3 atom stereocenters. The predicted molar refractivity (Wildman–Crippen MR) is 78.3 cm³/mol. The number of ether oxygens (including phenoxy) is 1. The van der Waals surface area contributed by atoms with Gasteiger partial charge in [-0.15, -0.1) is 0 Å². The summed E-state index contributed by atoms with van der Waals surface area (Å²) in [5.74, 6) is -1.26. The zero-order valence-electron chi connectivity index (χ0n) is 14.3. The number of carboxylic acids is 1. The van der Waals surface area contributed by atoms with Crippen molar-refractivity contribution in [3.63, 3.8) is 0 Å². The van der Waals surface area contributed by atoms with E-state index in [1.165, 1.54) is 18.9 Å². The van der Waals surface area contributed by atoms with Gasteiger partial charge in [0.2, 0.25) is 0 Å². The number of methoxy groups -OCH3 is 1. The van der Waals surface area contributed by atoms with Crippen molar-refractivity contribution in [1.29, 1.82) is 0 Å². The Balaban J connectivity index is 0.00000208. The molecule has 0 saturated carbocycles. The molecule has 2 aliphatic rings. The zero-order valence-corrected chi connectivity index (χ0v) is 17.4. The van der Waals surface area contributed by atoms with E-state index in [0.717, 1.165) is 25.1 Å². The average Bonchev–Trinajstić information content (AvgIpc) is 3.12. The van der Waals surface area contributed by atoms with Gasteiger partial charge in [-0.05, 0) is 25.8 Å². The Morgan fingerprint density at radius 3 is 2.92 bits per heavy atom. The van der Waals surface area contributed by atoms with Crippen molar-refractivity contribution >= 4 is 12.0 Å². The number of hydrogen-bond donors (Lipinski definition) is 1. The first-order valence-corrected chi connectivity index (χ1v) is 7.80. The van der Waals surface area contributed by atoms with Gasteiger partial charge in [-0.3, -0.25) is 4.68 Å². The van der Waals surface area contributed by atoms with E-state index in [4.69, 9.17) is 4.74 Å². The van der Waals surface area contributed by atoms with Gasteiger partial charge in [0.05, 0.1) is 29.3 Å². The maximum Gasteiger partial charge on any atom is 1.00 e. The number of aliphatic carboxylic acids is 1. The summed E-state index contributed by atoms with van der Waals surface area (Å²) in [7, 11) is 1.52. The van der Waals surface area contributed by atoms with Gasteiger partial charge in [0.25, 0.3) is 0 Å². The van der Waals surface area contributed by atoms with Crippen molar-refractivity contribution in [3.8, 4) is 0 Å². The molecular formula is C15H21KN4O4. The zero-order chi connectivity index (χ0) is 16.6. The molecule has 1 aromatic heterocycles. The third kappa shape index (κ3) is 3.56. The Morgan fingerprint density at radius 1 is 1.50 bits per heavy atom. The van der Waals surface area contributed by atoms with Crippen LogP contribution in [0.4, 0.5) is 4.79 Å². The third-order valence-corrected chi connectivity index (χ3v) is 4.89. The third-order valence-electron chi connectivity index (χ3n) is 4.89. The molecule has 8 nitrogen and oxygen atoms in total. The molecule has 1 N–H and O–H groups in total. The van der Waals surface area contributed by atoms with Crippen LogP contribution in [0.3, 0.4) is 0 Å². The number of urea groups is 1. The van der Waals surface area contributed by atoms with Gasteiger partial charge in [-0.1, -0.05) is 0 Å². The first-order valence-electron chi connectivity index (χ1n) is 7.80. The van der Waals surface area contributed by atoms with Crippen LogP contribution >= 0.6 is 0 Å². The van der Waals surface area contributed by atoms with Gasteiger partial charge in [-0.2, -0.15) is 5.10 Å². The molecule has 0 spiro atoms. The number of nitrogens with one attached hydrogen (secondary N) is 1. The molecule has 1 fully saturated rings. The molecule has 0 radical (unpaired) electrons. The quantitative estimate of drug-likeness (QED) is 0.568. The molecule has 9 heteroatoms. The number of amides is 2. The number of likely N-dealkylation sites (tertiary alicyclic amines) is 1. The summed E-state index contributed by atoms with van der Waals surface area (Å²) in [6.45, 7) is 2.58. The number of nitrogens with zero attached hydrogens (tertiary/aromatic N) is 3. The Labute approximate surface area is 183 Å². The summed E-state index contributed by atoms with van der Waals surface area (Å²) in [5.41, 5.74) is -0.415. The number of carbonyl (C=O) groups excluding carboxylic acids is 2. The van der Waals surface area contributed by atoms with Crippen LogP contribution in [0.2, 0.25) is 0 Å². The van der Waals surface area contributed by atoms with Gasteiger partial charge < -0.3 is 24.9 Å². The standard InChI is InChI=1S/C15H22N4O4.K/c1-15(13(20)21)8-10(23-2)9-18(15)14(22)17-11-4-3-7-19-12(11)5-6-16-19;/h5-6,10-11H,3-4,7-9H2,1-2H3,(H,17,22)(H,20,21);/q;+1/p-1. The molecule has 1 saturated heterocycles. The van der Waals surface area contributed by atoms with Crippen LogP contribution < -0.4 is 61.8 Å². The molecule has 0 aliphatic carbocycles. The Hall–Kier alpha value is -0.454. The molecular weight excluding hydrogens is 339 g/mol. The van der Waals surface area contributed by atoms with Gasteiger partial charge in [0, 0.05) is 32.8 Å². The van der Waals surface area contributed by atoms with Gasteiger partial charge >= 0.3 is 57.4 Å². The second-order valence-corrected chi connectivity index (χ2v) is 6.36.